The number of carbonyl (C=O) groups excluding carboxylic acids is 1. The molecule has 5 nitrogen and oxygen atoms in total. The second-order valence-electron chi connectivity index (χ2n) is 4.95. The molecule has 0 aromatic carbocycles. The number of carbonyl (C=O) groups is 1. The fourth-order valence-electron chi connectivity index (χ4n) is 1.88. The van der Waals surface area contributed by atoms with E-state index >= 15 is 0 Å². The summed E-state index contributed by atoms with van der Waals surface area (Å²) in [5, 5.41) is 12.4. The first-order valence-electron chi connectivity index (χ1n) is 6.95. The van der Waals surface area contributed by atoms with Gasteiger partial charge in [0.1, 0.15) is 11.4 Å². The minimum atomic E-state index is -0.924. The first kappa shape index (κ1) is 14.6. The highest BCUT2D eigenvalue weighted by Crippen LogP contribution is 2.27. The van der Waals surface area contributed by atoms with Gasteiger partial charge in [0.05, 0.1) is 6.61 Å². The lowest BCUT2D eigenvalue weighted by atomic mass is 9.93. The predicted octanol–water partition coefficient (Wildman–Crippen LogP) is 2.85. The van der Waals surface area contributed by atoms with Crippen molar-refractivity contribution < 1.29 is 19.0 Å². The van der Waals surface area contributed by atoms with Crippen molar-refractivity contribution in [3.05, 3.63) is 17.4 Å². The van der Waals surface area contributed by atoms with Crippen molar-refractivity contribution in [2.75, 3.05) is 11.9 Å². The average molecular weight is 282 g/mol. The molecule has 0 atom stereocenters. The Kier molecular flexibility index (Phi) is 4.76. The number of anilines is 1. The molecule has 1 saturated carbocycles. The van der Waals surface area contributed by atoms with Crippen LogP contribution < -0.4 is 5.32 Å². The van der Waals surface area contributed by atoms with Crippen molar-refractivity contribution in [1.29, 1.82) is 0 Å². The van der Waals surface area contributed by atoms with E-state index in [0.717, 1.165) is 38.2 Å². The summed E-state index contributed by atoms with van der Waals surface area (Å²) in [5.74, 6) is -2.06. The highest BCUT2D eigenvalue weighted by atomic mass is 19.1. The Morgan fingerprint density at radius 2 is 2.35 bits per heavy atom. The van der Waals surface area contributed by atoms with Crippen molar-refractivity contribution >= 4 is 11.8 Å². The van der Waals surface area contributed by atoms with Gasteiger partial charge < -0.3 is 15.2 Å². The van der Waals surface area contributed by atoms with Crippen LogP contribution in [0.25, 0.3) is 0 Å². The van der Waals surface area contributed by atoms with E-state index in [0.29, 0.717) is 6.61 Å². The van der Waals surface area contributed by atoms with Gasteiger partial charge in [-0.1, -0.05) is 13.3 Å². The Balaban J connectivity index is 2.15. The van der Waals surface area contributed by atoms with E-state index in [1.54, 1.807) is 0 Å². The van der Waals surface area contributed by atoms with Crippen LogP contribution in [0.4, 0.5) is 10.2 Å². The zero-order chi connectivity index (χ0) is 14.5. The van der Waals surface area contributed by atoms with Crippen LogP contribution in [0.5, 0.6) is 5.88 Å². The molecule has 6 heteroatoms. The summed E-state index contributed by atoms with van der Waals surface area (Å²) in [6, 6.07) is 1.19. The molecule has 1 aliphatic carbocycles. The molecule has 0 saturated heterocycles. The third kappa shape index (κ3) is 3.37. The third-order valence-electron chi connectivity index (χ3n) is 3.35. The normalized spacial score (nSPS) is 14.7. The number of hydrogen-bond acceptors (Lipinski definition) is 5. The molecule has 0 spiro atoms. The van der Waals surface area contributed by atoms with Gasteiger partial charge in [0.2, 0.25) is 5.88 Å². The summed E-state index contributed by atoms with van der Waals surface area (Å²) in [4.78, 5) is 15.7. The number of halogens is 1. The van der Waals surface area contributed by atoms with Crippen LogP contribution in [0, 0.1) is 5.82 Å². The number of aromatic hydroxyl groups is 1. The van der Waals surface area contributed by atoms with Crippen LogP contribution in [0.15, 0.2) is 6.07 Å². The van der Waals surface area contributed by atoms with Gasteiger partial charge in [-0.3, -0.25) is 0 Å². The van der Waals surface area contributed by atoms with Crippen molar-refractivity contribution in [3.63, 3.8) is 0 Å². The number of pyridine rings is 1. The minimum Gasteiger partial charge on any atom is -0.491 e. The fraction of sp³-hybridized carbons (Fsp3) is 0.571. The van der Waals surface area contributed by atoms with Gasteiger partial charge in [0.25, 0.3) is 0 Å². The highest BCUT2D eigenvalue weighted by molar-refractivity contribution is 5.94. The Hall–Kier alpha value is -1.85. The molecule has 0 aliphatic heterocycles. The lowest BCUT2D eigenvalue weighted by Crippen LogP contribution is -2.28. The number of aromatic nitrogens is 1. The van der Waals surface area contributed by atoms with E-state index in [2.05, 4.69) is 10.3 Å². The molecule has 0 bridgehead atoms. The molecule has 1 aromatic heterocycles. The Morgan fingerprint density at radius 3 is 2.95 bits per heavy atom. The summed E-state index contributed by atoms with van der Waals surface area (Å²) in [6.45, 7) is 2.28. The Bertz CT molecular complexity index is 490. The summed E-state index contributed by atoms with van der Waals surface area (Å²) in [6.07, 6.45) is 4.73. The first-order chi connectivity index (χ1) is 9.61. The van der Waals surface area contributed by atoms with Crippen molar-refractivity contribution in [2.45, 2.75) is 45.1 Å². The number of esters is 1. The van der Waals surface area contributed by atoms with Gasteiger partial charge in [-0.05, 0) is 31.7 Å². The molecule has 110 valence electrons. The van der Waals surface area contributed by atoms with Gasteiger partial charge in [-0.2, -0.15) is 4.98 Å². The van der Waals surface area contributed by atoms with Crippen molar-refractivity contribution in [1.82, 2.24) is 4.98 Å². The molecular weight excluding hydrogens is 263 g/mol. The number of ether oxygens (including phenoxy) is 1. The standard InChI is InChI=1S/C14H19FN2O3/c1-2-3-7-20-14(19)10-8-11(15)13(18)17-12(10)16-9-5-4-6-9/h8-9H,2-7H2,1H3,(H2,16,17,18). The maximum atomic E-state index is 13.4. The third-order valence-corrected chi connectivity index (χ3v) is 3.35. The van der Waals surface area contributed by atoms with Crippen LogP contribution >= 0.6 is 0 Å². The van der Waals surface area contributed by atoms with Gasteiger partial charge in [-0.25, -0.2) is 9.18 Å². The molecule has 0 radical (unpaired) electrons. The maximum Gasteiger partial charge on any atom is 0.342 e. The second-order valence-corrected chi connectivity index (χ2v) is 4.95. The van der Waals surface area contributed by atoms with E-state index in [1.165, 1.54) is 0 Å². The first-order valence-corrected chi connectivity index (χ1v) is 6.95. The van der Waals surface area contributed by atoms with Crippen LogP contribution in [0.3, 0.4) is 0 Å². The van der Waals surface area contributed by atoms with Crippen LogP contribution in [0.2, 0.25) is 0 Å². The molecular formula is C14H19FN2O3. The molecule has 0 amide bonds. The molecule has 0 unspecified atom stereocenters. The summed E-state index contributed by atoms with van der Waals surface area (Å²) < 4.78 is 18.5. The SMILES string of the molecule is CCCCOC(=O)c1cc(F)c(O)nc1NC1CCC1. The Labute approximate surface area is 117 Å². The predicted molar refractivity (Wildman–Crippen MR) is 72.3 cm³/mol. The number of hydrogen-bond donors (Lipinski definition) is 2. The van der Waals surface area contributed by atoms with E-state index in [-0.39, 0.29) is 17.4 Å². The summed E-state index contributed by atoms with van der Waals surface area (Å²) in [5.41, 5.74) is 0.0308. The number of nitrogens with one attached hydrogen (secondary N) is 1. The quantitative estimate of drug-likeness (QED) is 0.620. The topological polar surface area (TPSA) is 71.5 Å². The molecule has 1 fully saturated rings. The lowest BCUT2D eigenvalue weighted by Gasteiger charge is -2.27. The van der Waals surface area contributed by atoms with Gasteiger partial charge >= 0.3 is 5.97 Å². The van der Waals surface area contributed by atoms with E-state index in [9.17, 15) is 14.3 Å². The number of nitrogens with zero attached hydrogens (tertiary/aromatic N) is 1. The van der Waals surface area contributed by atoms with Crippen LogP contribution in [0.1, 0.15) is 49.4 Å². The molecule has 2 N–H and O–H groups in total. The molecule has 2 rings (SSSR count). The van der Waals surface area contributed by atoms with E-state index in [1.807, 2.05) is 6.92 Å². The van der Waals surface area contributed by atoms with Crippen molar-refractivity contribution in [3.8, 4) is 5.88 Å². The van der Waals surface area contributed by atoms with Gasteiger partial charge in [0.15, 0.2) is 5.82 Å². The molecule has 1 aromatic rings. The summed E-state index contributed by atoms with van der Waals surface area (Å²) in [7, 11) is 0. The molecule has 1 aliphatic rings. The Morgan fingerprint density at radius 1 is 1.60 bits per heavy atom. The monoisotopic (exact) mass is 282 g/mol. The largest absolute Gasteiger partial charge is 0.491 e. The van der Waals surface area contributed by atoms with E-state index in [4.69, 9.17) is 4.74 Å². The molecule has 20 heavy (non-hydrogen) atoms. The smallest absolute Gasteiger partial charge is 0.342 e. The van der Waals surface area contributed by atoms with Gasteiger partial charge in [0, 0.05) is 6.04 Å². The minimum absolute atomic E-state index is 0.0308. The van der Waals surface area contributed by atoms with E-state index < -0.39 is 17.7 Å². The second kappa shape index (κ2) is 6.54. The number of rotatable bonds is 6. The maximum absolute atomic E-state index is 13.4. The molecule has 1 heterocycles. The van der Waals surface area contributed by atoms with Crippen LogP contribution in [-0.4, -0.2) is 28.7 Å². The zero-order valence-corrected chi connectivity index (χ0v) is 11.5. The van der Waals surface area contributed by atoms with Gasteiger partial charge in [-0.15, -0.1) is 0 Å². The number of unbranched alkanes of at least 4 members (excludes halogenated alkanes) is 1. The average Bonchev–Trinajstić information content (AvgIpc) is 2.37. The fourth-order valence-corrected chi connectivity index (χ4v) is 1.88. The zero-order valence-electron chi connectivity index (χ0n) is 11.5. The van der Waals surface area contributed by atoms with Crippen molar-refractivity contribution in [2.24, 2.45) is 0 Å². The summed E-state index contributed by atoms with van der Waals surface area (Å²) >= 11 is 0. The lowest BCUT2D eigenvalue weighted by molar-refractivity contribution is 0.0499. The van der Waals surface area contributed by atoms with Crippen LogP contribution in [-0.2, 0) is 4.74 Å². The highest BCUT2D eigenvalue weighted by Gasteiger charge is 2.23.